The van der Waals surface area contributed by atoms with Crippen LogP contribution in [-0.2, 0) is 12.8 Å². The first-order valence-corrected chi connectivity index (χ1v) is 12.3. The van der Waals surface area contributed by atoms with Crippen LogP contribution in [0.4, 0.5) is 0 Å². The molecule has 7 rings (SSSR count). The summed E-state index contributed by atoms with van der Waals surface area (Å²) in [6, 6.07) is 31.3. The summed E-state index contributed by atoms with van der Waals surface area (Å²) in [5, 5.41) is 1.34. The monoisotopic (exact) mass is 433 g/mol. The molecular weight excluding hydrogens is 414 g/mol. The zero-order chi connectivity index (χ0) is 20.4. The second kappa shape index (κ2) is 6.81. The molecule has 0 amide bonds. The van der Waals surface area contributed by atoms with Crippen LogP contribution in [0.15, 0.2) is 105 Å². The van der Waals surface area contributed by atoms with Gasteiger partial charge < -0.3 is 4.98 Å². The SMILES string of the molecule is c1ccc2c(c1)CCc1[nH]c3ccc(-c4ccc5c(c4)Sc4ccccc4S5)cc3c1-2. The van der Waals surface area contributed by atoms with Gasteiger partial charge >= 0.3 is 0 Å². The van der Waals surface area contributed by atoms with Crippen molar-refractivity contribution in [2.45, 2.75) is 32.4 Å². The zero-order valence-corrected chi connectivity index (χ0v) is 18.4. The van der Waals surface area contributed by atoms with Crippen molar-refractivity contribution in [3.8, 4) is 22.3 Å². The second-order valence-corrected chi connectivity index (χ2v) is 10.4. The Labute approximate surface area is 189 Å². The normalized spacial score (nSPS) is 13.9. The van der Waals surface area contributed by atoms with Gasteiger partial charge in [0.05, 0.1) is 0 Å². The van der Waals surface area contributed by atoms with Gasteiger partial charge in [-0.1, -0.05) is 72.1 Å². The Morgan fingerprint density at radius 1 is 0.613 bits per heavy atom. The van der Waals surface area contributed by atoms with Crippen LogP contribution in [0.3, 0.4) is 0 Å². The molecule has 4 aromatic carbocycles. The first-order chi connectivity index (χ1) is 15.3. The van der Waals surface area contributed by atoms with Crippen LogP contribution in [-0.4, -0.2) is 4.98 Å². The van der Waals surface area contributed by atoms with Crippen LogP contribution in [0.1, 0.15) is 11.3 Å². The molecule has 0 bridgehead atoms. The molecule has 5 aromatic rings. The highest BCUT2D eigenvalue weighted by Crippen LogP contribution is 2.49. The number of aromatic nitrogens is 1. The summed E-state index contributed by atoms with van der Waals surface area (Å²) in [7, 11) is 0. The van der Waals surface area contributed by atoms with Crippen LogP contribution >= 0.6 is 23.5 Å². The van der Waals surface area contributed by atoms with Gasteiger partial charge in [0.15, 0.2) is 0 Å². The third-order valence-corrected chi connectivity index (χ3v) is 8.92. The van der Waals surface area contributed by atoms with E-state index in [0.717, 1.165) is 12.8 Å². The third-order valence-electron chi connectivity index (χ3n) is 6.37. The molecule has 1 aliphatic heterocycles. The lowest BCUT2D eigenvalue weighted by molar-refractivity contribution is 0.914. The number of H-pyrrole nitrogens is 1. The Morgan fingerprint density at radius 3 is 2.23 bits per heavy atom. The van der Waals surface area contributed by atoms with E-state index in [-0.39, 0.29) is 0 Å². The largest absolute Gasteiger partial charge is 0.358 e. The predicted molar refractivity (Wildman–Crippen MR) is 131 cm³/mol. The minimum absolute atomic E-state index is 1.09. The summed E-state index contributed by atoms with van der Waals surface area (Å²) in [4.78, 5) is 9.09. The summed E-state index contributed by atoms with van der Waals surface area (Å²) in [5.41, 5.74) is 9.43. The highest BCUT2D eigenvalue weighted by Gasteiger charge is 2.21. The minimum atomic E-state index is 1.09. The van der Waals surface area contributed by atoms with Gasteiger partial charge in [0.25, 0.3) is 0 Å². The fraction of sp³-hybridized carbons (Fsp3) is 0.0714. The number of hydrogen-bond acceptors (Lipinski definition) is 2. The van der Waals surface area contributed by atoms with Gasteiger partial charge in [0.1, 0.15) is 0 Å². The van der Waals surface area contributed by atoms with E-state index >= 15 is 0 Å². The summed E-state index contributed by atoms with van der Waals surface area (Å²) < 4.78 is 0. The molecule has 2 heterocycles. The van der Waals surface area contributed by atoms with Gasteiger partial charge in [0, 0.05) is 41.7 Å². The number of aryl methyl sites for hydroxylation is 2. The number of benzene rings is 4. The molecular formula is C28H19NS2. The molecule has 148 valence electrons. The van der Waals surface area contributed by atoms with E-state index in [1.165, 1.54) is 64.0 Å². The highest BCUT2D eigenvalue weighted by atomic mass is 32.2. The van der Waals surface area contributed by atoms with E-state index in [4.69, 9.17) is 0 Å². The molecule has 0 radical (unpaired) electrons. The molecule has 1 nitrogen and oxygen atoms in total. The lowest BCUT2D eigenvalue weighted by Gasteiger charge is -2.19. The van der Waals surface area contributed by atoms with Crippen molar-refractivity contribution in [2.24, 2.45) is 0 Å². The Bertz CT molecular complexity index is 1490. The lowest BCUT2D eigenvalue weighted by Crippen LogP contribution is -2.02. The molecule has 0 atom stereocenters. The minimum Gasteiger partial charge on any atom is -0.358 e. The molecule has 1 aliphatic carbocycles. The van der Waals surface area contributed by atoms with E-state index in [1.807, 2.05) is 23.5 Å². The molecule has 0 fully saturated rings. The number of aromatic amines is 1. The van der Waals surface area contributed by atoms with Gasteiger partial charge in [-0.3, -0.25) is 0 Å². The molecule has 0 unspecified atom stereocenters. The Hall–Kier alpha value is -2.88. The van der Waals surface area contributed by atoms with Gasteiger partial charge in [0.2, 0.25) is 0 Å². The van der Waals surface area contributed by atoms with Crippen molar-refractivity contribution in [3.63, 3.8) is 0 Å². The maximum absolute atomic E-state index is 3.69. The van der Waals surface area contributed by atoms with Crippen LogP contribution in [0.25, 0.3) is 33.2 Å². The molecule has 0 spiro atoms. The molecule has 31 heavy (non-hydrogen) atoms. The Balaban J connectivity index is 1.35. The van der Waals surface area contributed by atoms with Crippen molar-refractivity contribution in [1.29, 1.82) is 0 Å². The summed E-state index contributed by atoms with van der Waals surface area (Å²) in [6.07, 6.45) is 2.20. The lowest BCUT2D eigenvalue weighted by atomic mass is 9.88. The molecule has 0 saturated heterocycles. The van der Waals surface area contributed by atoms with Gasteiger partial charge in [-0.15, -0.1) is 0 Å². The first-order valence-electron chi connectivity index (χ1n) is 10.7. The van der Waals surface area contributed by atoms with Gasteiger partial charge in [-0.05, 0) is 71.5 Å². The molecule has 3 heteroatoms. The summed E-state index contributed by atoms with van der Waals surface area (Å²) in [6.45, 7) is 0. The second-order valence-electron chi connectivity index (χ2n) is 8.21. The van der Waals surface area contributed by atoms with Crippen molar-refractivity contribution in [2.75, 3.05) is 0 Å². The van der Waals surface area contributed by atoms with Crippen LogP contribution < -0.4 is 0 Å². The Kier molecular flexibility index (Phi) is 3.90. The summed E-state index contributed by atoms with van der Waals surface area (Å²) in [5.74, 6) is 0. The molecule has 2 aliphatic rings. The predicted octanol–water partition coefficient (Wildman–Crippen LogP) is 8.22. The average Bonchev–Trinajstić information content (AvgIpc) is 3.21. The van der Waals surface area contributed by atoms with Crippen LogP contribution in [0.2, 0.25) is 0 Å². The Morgan fingerprint density at radius 2 is 1.32 bits per heavy atom. The zero-order valence-electron chi connectivity index (χ0n) is 16.8. The average molecular weight is 434 g/mol. The number of fused-ring (bicyclic) bond motifs is 7. The third kappa shape index (κ3) is 2.80. The fourth-order valence-corrected chi connectivity index (χ4v) is 7.13. The van der Waals surface area contributed by atoms with Crippen molar-refractivity contribution >= 4 is 34.4 Å². The van der Waals surface area contributed by atoms with Crippen molar-refractivity contribution in [3.05, 3.63) is 96.2 Å². The van der Waals surface area contributed by atoms with Gasteiger partial charge in [-0.2, -0.15) is 0 Å². The number of rotatable bonds is 1. The van der Waals surface area contributed by atoms with Crippen molar-refractivity contribution in [1.82, 2.24) is 4.98 Å². The van der Waals surface area contributed by atoms with E-state index in [1.54, 1.807) is 0 Å². The maximum atomic E-state index is 3.69. The molecule has 1 aromatic heterocycles. The quantitative estimate of drug-likeness (QED) is 0.281. The van der Waals surface area contributed by atoms with Crippen molar-refractivity contribution < 1.29 is 0 Å². The number of nitrogens with one attached hydrogen (secondary N) is 1. The standard InChI is InChI=1S/C28H19NS2/c1-2-6-20-17(5-1)9-13-23-28(20)21-15-18(10-12-22(21)29-23)19-11-14-26-27(16-19)31-25-8-4-3-7-24(25)30-26/h1-8,10-12,14-16,29H,9,13H2. The topological polar surface area (TPSA) is 15.8 Å². The maximum Gasteiger partial charge on any atom is 0.0462 e. The highest BCUT2D eigenvalue weighted by molar-refractivity contribution is 8.05. The fourth-order valence-electron chi connectivity index (χ4n) is 4.87. The van der Waals surface area contributed by atoms with E-state index in [0.29, 0.717) is 0 Å². The number of hydrogen-bond donors (Lipinski definition) is 1. The van der Waals surface area contributed by atoms with Crippen LogP contribution in [0.5, 0.6) is 0 Å². The van der Waals surface area contributed by atoms with Crippen LogP contribution in [0, 0.1) is 0 Å². The van der Waals surface area contributed by atoms with E-state index in [9.17, 15) is 0 Å². The first kappa shape index (κ1) is 17.8. The smallest absolute Gasteiger partial charge is 0.0462 e. The van der Waals surface area contributed by atoms with Gasteiger partial charge in [-0.25, -0.2) is 0 Å². The van der Waals surface area contributed by atoms with E-state index < -0.39 is 0 Å². The summed E-state index contributed by atoms with van der Waals surface area (Å²) >= 11 is 3.76. The molecule has 0 saturated carbocycles. The van der Waals surface area contributed by atoms with E-state index in [2.05, 4.69) is 89.9 Å². The molecule has 1 N–H and O–H groups in total.